The van der Waals surface area contributed by atoms with Gasteiger partial charge >= 0.3 is 5.97 Å². The van der Waals surface area contributed by atoms with Crippen LogP contribution < -0.4 is 10.1 Å². The molecule has 0 unspecified atom stereocenters. The predicted octanol–water partition coefficient (Wildman–Crippen LogP) is 1.89. The normalized spacial score (nSPS) is 11.2. The van der Waals surface area contributed by atoms with Crippen LogP contribution in [0.3, 0.4) is 0 Å². The standard InChI is InChI=1S/C14H21NO5S/c1-14(2,3)10-7-9(12(21-10)13(17)18)20-8-11(16)15-5-6-19-4/h7H,5-6,8H2,1-4H3,(H,15,16)(H,17,18). The summed E-state index contributed by atoms with van der Waals surface area (Å²) in [7, 11) is 1.54. The van der Waals surface area contributed by atoms with E-state index in [0.29, 0.717) is 13.2 Å². The van der Waals surface area contributed by atoms with Gasteiger partial charge in [-0.3, -0.25) is 4.79 Å². The van der Waals surface area contributed by atoms with E-state index in [0.717, 1.165) is 4.88 Å². The number of rotatable bonds is 7. The number of carbonyl (C=O) groups excluding carboxylic acids is 1. The molecule has 21 heavy (non-hydrogen) atoms. The third-order valence-corrected chi connectivity index (χ3v) is 4.15. The lowest BCUT2D eigenvalue weighted by Crippen LogP contribution is -2.31. The number of carbonyl (C=O) groups is 2. The minimum Gasteiger partial charge on any atom is -0.482 e. The van der Waals surface area contributed by atoms with Crippen molar-refractivity contribution >= 4 is 23.2 Å². The van der Waals surface area contributed by atoms with Gasteiger partial charge in [0.05, 0.1) is 6.61 Å². The summed E-state index contributed by atoms with van der Waals surface area (Å²) in [5.74, 6) is -1.13. The van der Waals surface area contributed by atoms with Crippen LogP contribution in [0, 0.1) is 0 Å². The molecule has 118 valence electrons. The number of carboxylic acid groups (broad SMARTS) is 1. The van der Waals surface area contributed by atoms with Crippen molar-refractivity contribution in [3.05, 3.63) is 15.8 Å². The smallest absolute Gasteiger partial charge is 0.349 e. The molecule has 0 fully saturated rings. The second-order valence-corrected chi connectivity index (χ2v) is 6.54. The first-order valence-electron chi connectivity index (χ1n) is 6.51. The fourth-order valence-corrected chi connectivity index (χ4v) is 2.48. The lowest BCUT2D eigenvalue weighted by Gasteiger charge is -2.14. The van der Waals surface area contributed by atoms with E-state index in [4.69, 9.17) is 9.47 Å². The molecule has 0 aromatic carbocycles. The molecule has 0 saturated carbocycles. The molecule has 0 aliphatic heterocycles. The van der Waals surface area contributed by atoms with Gasteiger partial charge in [0.25, 0.3) is 5.91 Å². The molecule has 7 heteroatoms. The Labute approximate surface area is 128 Å². The van der Waals surface area contributed by atoms with E-state index in [1.54, 1.807) is 13.2 Å². The van der Waals surface area contributed by atoms with Gasteiger partial charge in [-0.2, -0.15) is 0 Å². The number of carboxylic acids is 1. The van der Waals surface area contributed by atoms with Crippen LogP contribution in [0.15, 0.2) is 6.07 Å². The number of nitrogens with one attached hydrogen (secondary N) is 1. The van der Waals surface area contributed by atoms with Crippen LogP contribution in [0.4, 0.5) is 0 Å². The third kappa shape index (κ3) is 5.35. The minimum absolute atomic E-state index is 0.115. The molecule has 0 spiro atoms. The Bertz CT molecular complexity index is 504. The molecule has 1 aromatic rings. The first-order valence-corrected chi connectivity index (χ1v) is 7.33. The summed E-state index contributed by atoms with van der Waals surface area (Å²) < 4.78 is 10.2. The molecule has 0 bridgehead atoms. The molecule has 1 amide bonds. The summed E-state index contributed by atoms with van der Waals surface area (Å²) in [4.78, 5) is 23.8. The molecule has 0 aliphatic carbocycles. The molecule has 0 aliphatic rings. The van der Waals surface area contributed by atoms with E-state index in [2.05, 4.69) is 5.32 Å². The second-order valence-electron chi connectivity index (χ2n) is 5.49. The van der Waals surface area contributed by atoms with E-state index in [1.165, 1.54) is 11.3 Å². The van der Waals surface area contributed by atoms with E-state index in [-0.39, 0.29) is 28.6 Å². The Morgan fingerprint density at radius 3 is 2.57 bits per heavy atom. The van der Waals surface area contributed by atoms with Gasteiger partial charge in [0.2, 0.25) is 0 Å². The Morgan fingerprint density at radius 2 is 2.05 bits per heavy atom. The van der Waals surface area contributed by atoms with E-state index < -0.39 is 5.97 Å². The molecule has 2 N–H and O–H groups in total. The van der Waals surface area contributed by atoms with Gasteiger partial charge in [-0.05, 0) is 11.5 Å². The van der Waals surface area contributed by atoms with Crippen molar-refractivity contribution in [2.24, 2.45) is 0 Å². The SMILES string of the molecule is COCCNC(=O)COc1cc(C(C)(C)C)sc1C(=O)O. The highest BCUT2D eigenvalue weighted by Gasteiger charge is 2.24. The van der Waals surface area contributed by atoms with E-state index >= 15 is 0 Å². The van der Waals surface area contributed by atoms with Gasteiger partial charge in [-0.25, -0.2) is 4.79 Å². The Kier molecular flexibility index (Phi) is 6.17. The quantitative estimate of drug-likeness (QED) is 0.751. The molecular formula is C14H21NO5S. The maximum absolute atomic E-state index is 11.5. The Hall–Kier alpha value is -1.60. The number of aromatic carboxylic acids is 1. The average molecular weight is 315 g/mol. The maximum atomic E-state index is 11.5. The van der Waals surface area contributed by atoms with Crippen molar-refractivity contribution in [1.29, 1.82) is 0 Å². The van der Waals surface area contributed by atoms with Crippen LogP contribution in [-0.4, -0.2) is 43.9 Å². The summed E-state index contributed by atoms with van der Waals surface area (Å²) in [6.45, 7) is 6.56. The van der Waals surface area contributed by atoms with Crippen molar-refractivity contribution in [2.45, 2.75) is 26.2 Å². The summed E-state index contributed by atoms with van der Waals surface area (Å²) in [6, 6.07) is 1.69. The van der Waals surface area contributed by atoms with Crippen molar-refractivity contribution in [1.82, 2.24) is 5.32 Å². The number of hydrogen-bond donors (Lipinski definition) is 2. The van der Waals surface area contributed by atoms with Crippen LogP contribution in [0.25, 0.3) is 0 Å². The molecule has 0 radical (unpaired) electrons. The summed E-state index contributed by atoms with van der Waals surface area (Å²) >= 11 is 1.17. The number of methoxy groups -OCH3 is 1. The molecule has 1 heterocycles. The largest absolute Gasteiger partial charge is 0.482 e. The molecule has 0 saturated heterocycles. The van der Waals surface area contributed by atoms with E-state index in [9.17, 15) is 14.7 Å². The fraction of sp³-hybridized carbons (Fsp3) is 0.571. The number of thiophene rings is 1. The zero-order chi connectivity index (χ0) is 16.0. The molecule has 1 rings (SSSR count). The predicted molar refractivity (Wildman–Crippen MR) is 80.4 cm³/mol. The number of hydrogen-bond acceptors (Lipinski definition) is 5. The van der Waals surface area contributed by atoms with Crippen molar-refractivity contribution < 1.29 is 24.2 Å². The number of ether oxygens (including phenoxy) is 2. The van der Waals surface area contributed by atoms with Crippen molar-refractivity contribution in [2.75, 3.05) is 26.9 Å². The van der Waals surface area contributed by atoms with Gasteiger partial charge in [-0.15, -0.1) is 11.3 Å². The third-order valence-electron chi connectivity index (χ3n) is 2.62. The van der Waals surface area contributed by atoms with Gasteiger partial charge in [-0.1, -0.05) is 20.8 Å². The maximum Gasteiger partial charge on any atom is 0.349 e. The van der Waals surface area contributed by atoms with Crippen LogP contribution in [0.2, 0.25) is 0 Å². The number of amides is 1. The van der Waals surface area contributed by atoms with Gasteiger partial charge in [0, 0.05) is 18.5 Å². The molecule has 0 atom stereocenters. The highest BCUT2D eigenvalue weighted by Crippen LogP contribution is 2.36. The minimum atomic E-state index is -1.05. The van der Waals surface area contributed by atoms with Crippen LogP contribution in [0.1, 0.15) is 35.3 Å². The fourth-order valence-electron chi connectivity index (χ4n) is 1.49. The highest BCUT2D eigenvalue weighted by atomic mass is 32.1. The van der Waals surface area contributed by atoms with Crippen LogP contribution >= 0.6 is 11.3 Å². The highest BCUT2D eigenvalue weighted by molar-refractivity contribution is 7.14. The molecule has 1 aromatic heterocycles. The van der Waals surface area contributed by atoms with Crippen LogP contribution in [0.5, 0.6) is 5.75 Å². The molecular weight excluding hydrogens is 294 g/mol. The van der Waals surface area contributed by atoms with E-state index in [1.807, 2.05) is 20.8 Å². The topological polar surface area (TPSA) is 84.9 Å². The van der Waals surface area contributed by atoms with Gasteiger partial charge in [0.15, 0.2) is 11.5 Å². The average Bonchev–Trinajstić information content (AvgIpc) is 2.81. The van der Waals surface area contributed by atoms with Gasteiger partial charge in [0.1, 0.15) is 5.75 Å². The van der Waals surface area contributed by atoms with Crippen LogP contribution in [-0.2, 0) is 14.9 Å². The Morgan fingerprint density at radius 1 is 1.38 bits per heavy atom. The van der Waals surface area contributed by atoms with Crippen molar-refractivity contribution in [3.8, 4) is 5.75 Å². The lowest BCUT2D eigenvalue weighted by molar-refractivity contribution is -0.123. The lowest BCUT2D eigenvalue weighted by atomic mass is 9.95. The zero-order valence-electron chi connectivity index (χ0n) is 12.7. The Balaban J connectivity index is 2.71. The summed E-state index contributed by atoms with van der Waals surface area (Å²) in [5.41, 5.74) is -0.169. The first kappa shape index (κ1) is 17.5. The monoisotopic (exact) mass is 315 g/mol. The summed E-state index contributed by atoms with van der Waals surface area (Å²) in [5, 5.41) is 11.8. The summed E-state index contributed by atoms with van der Waals surface area (Å²) in [6.07, 6.45) is 0. The zero-order valence-corrected chi connectivity index (χ0v) is 13.5. The van der Waals surface area contributed by atoms with Gasteiger partial charge < -0.3 is 19.9 Å². The first-order chi connectivity index (χ1) is 9.75. The molecule has 6 nitrogen and oxygen atoms in total. The van der Waals surface area contributed by atoms with Crippen molar-refractivity contribution in [3.63, 3.8) is 0 Å². The second kappa shape index (κ2) is 7.42.